The summed E-state index contributed by atoms with van der Waals surface area (Å²) in [5.41, 5.74) is 6.46. The summed E-state index contributed by atoms with van der Waals surface area (Å²) in [6.45, 7) is 2.91. The first-order valence-electron chi connectivity index (χ1n) is 8.58. The van der Waals surface area contributed by atoms with E-state index in [1.807, 2.05) is 6.07 Å². The van der Waals surface area contributed by atoms with Gasteiger partial charge in [0.25, 0.3) is 5.91 Å². The van der Waals surface area contributed by atoms with Crippen molar-refractivity contribution in [2.75, 3.05) is 11.1 Å². The third-order valence-electron chi connectivity index (χ3n) is 4.80. The first-order valence-corrected chi connectivity index (χ1v) is 10.2. The average molecular weight is 415 g/mol. The van der Waals surface area contributed by atoms with Gasteiger partial charge in [0.1, 0.15) is 28.2 Å². The van der Waals surface area contributed by atoms with E-state index in [-0.39, 0.29) is 22.8 Å². The highest BCUT2D eigenvalue weighted by atomic mass is 32.2. The van der Waals surface area contributed by atoms with Gasteiger partial charge in [-0.3, -0.25) is 9.79 Å². The van der Waals surface area contributed by atoms with Crippen LogP contribution in [0.1, 0.15) is 41.5 Å². The molecule has 29 heavy (non-hydrogen) atoms. The van der Waals surface area contributed by atoms with Crippen molar-refractivity contribution in [2.45, 2.75) is 24.6 Å². The van der Waals surface area contributed by atoms with Gasteiger partial charge in [-0.15, -0.1) is 0 Å². The van der Waals surface area contributed by atoms with E-state index in [9.17, 15) is 17.6 Å². The molecule has 2 aromatic rings. The van der Waals surface area contributed by atoms with Gasteiger partial charge in [-0.05, 0) is 44.2 Å². The Kier molecular flexibility index (Phi) is 5.11. The molecule has 0 saturated heterocycles. The molecule has 1 aliphatic heterocycles. The zero-order valence-corrected chi connectivity index (χ0v) is 16.5. The molecule has 0 aliphatic carbocycles. The summed E-state index contributed by atoms with van der Waals surface area (Å²) in [4.78, 5) is 20.4. The smallest absolute Gasteiger partial charge is 0.274 e. The van der Waals surface area contributed by atoms with E-state index in [0.717, 1.165) is 6.07 Å². The van der Waals surface area contributed by atoms with Gasteiger partial charge in [-0.25, -0.2) is 17.8 Å². The fourth-order valence-electron chi connectivity index (χ4n) is 2.76. The molecule has 2 heterocycles. The van der Waals surface area contributed by atoms with Crippen LogP contribution in [0.15, 0.2) is 41.5 Å². The van der Waals surface area contributed by atoms with E-state index < -0.39 is 38.1 Å². The molecule has 0 fully saturated rings. The van der Waals surface area contributed by atoms with Crippen LogP contribution in [0.3, 0.4) is 0 Å². The van der Waals surface area contributed by atoms with Crippen molar-refractivity contribution in [1.82, 2.24) is 4.98 Å². The number of hydrogen-bond donors (Lipinski definition) is 2. The van der Waals surface area contributed by atoms with Gasteiger partial charge in [-0.2, -0.15) is 5.26 Å². The lowest BCUT2D eigenvalue weighted by atomic mass is 10.1. The number of rotatable bonds is 3. The third-order valence-corrected chi connectivity index (χ3v) is 7.32. The Balaban J connectivity index is 1.90. The second-order valence-corrected chi connectivity index (χ2v) is 9.64. The maximum absolute atomic E-state index is 14.4. The van der Waals surface area contributed by atoms with Gasteiger partial charge in [0, 0.05) is 17.4 Å². The van der Waals surface area contributed by atoms with Crippen LogP contribution in [-0.4, -0.2) is 35.6 Å². The van der Waals surface area contributed by atoms with Crippen LogP contribution in [0.5, 0.6) is 0 Å². The van der Waals surface area contributed by atoms with Crippen molar-refractivity contribution < 1.29 is 17.6 Å². The number of aliphatic imine (C=N–C) groups is 1. The normalized spacial score (nSPS) is 19.7. The maximum Gasteiger partial charge on any atom is 0.274 e. The number of aromatic nitrogens is 1. The summed E-state index contributed by atoms with van der Waals surface area (Å²) in [6, 6.07) is 7.51. The molecule has 0 bridgehead atoms. The molecule has 0 saturated carbocycles. The topological polar surface area (TPSA) is 138 Å². The van der Waals surface area contributed by atoms with Crippen LogP contribution >= 0.6 is 0 Å². The monoisotopic (exact) mass is 415 g/mol. The highest BCUT2D eigenvalue weighted by Crippen LogP contribution is 2.33. The van der Waals surface area contributed by atoms with Crippen molar-refractivity contribution in [3.8, 4) is 6.07 Å². The Morgan fingerprint density at radius 2 is 2.07 bits per heavy atom. The van der Waals surface area contributed by atoms with E-state index >= 15 is 0 Å². The van der Waals surface area contributed by atoms with Crippen LogP contribution < -0.4 is 11.1 Å². The fourth-order valence-corrected chi connectivity index (χ4v) is 4.22. The number of sulfone groups is 1. The summed E-state index contributed by atoms with van der Waals surface area (Å²) in [6.07, 6.45) is 1.26. The summed E-state index contributed by atoms with van der Waals surface area (Å²) in [5, 5.41) is 11.4. The SMILES string of the molecule is CC1(C)C(N)=NC(c2cc(NC(=O)c3ccc(C#N)cn3)ccc2F)CS1(=O)=O. The molecule has 8 nitrogen and oxygen atoms in total. The minimum Gasteiger partial charge on any atom is -0.386 e. The second-order valence-electron chi connectivity index (χ2n) is 7.06. The molecule has 1 unspecified atom stereocenters. The van der Waals surface area contributed by atoms with Crippen LogP contribution in [0.2, 0.25) is 0 Å². The Bertz CT molecular complexity index is 1150. The predicted molar refractivity (Wildman–Crippen MR) is 106 cm³/mol. The molecule has 0 radical (unpaired) electrons. The highest BCUT2D eigenvalue weighted by molar-refractivity contribution is 7.93. The molecular weight excluding hydrogens is 397 g/mol. The van der Waals surface area contributed by atoms with Crippen LogP contribution in [-0.2, 0) is 9.84 Å². The van der Waals surface area contributed by atoms with E-state index in [0.29, 0.717) is 5.56 Å². The van der Waals surface area contributed by atoms with E-state index in [4.69, 9.17) is 11.0 Å². The number of nitriles is 1. The number of amides is 1. The lowest BCUT2D eigenvalue weighted by Gasteiger charge is -2.31. The number of hydrogen-bond acceptors (Lipinski definition) is 7. The summed E-state index contributed by atoms with van der Waals surface area (Å²) < 4.78 is 38.1. The molecule has 1 aliphatic rings. The van der Waals surface area contributed by atoms with Gasteiger partial charge < -0.3 is 11.1 Å². The minimum atomic E-state index is -3.66. The van der Waals surface area contributed by atoms with Gasteiger partial charge in [0.15, 0.2) is 9.84 Å². The number of nitrogens with one attached hydrogen (secondary N) is 1. The van der Waals surface area contributed by atoms with E-state index in [2.05, 4.69) is 15.3 Å². The summed E-state index contributed by atoms with van der Waals surface area (Å²) in [5.74, 6) is -1.71. The first-order chi connectivity index (χ1) is 13.5. The Morgan fingerprint density at radius 1 is 1.34 bits per heavy atom. The molecule has 1 amide bonds. The fraction of sp³-hybridized carbons (Fsp3) is 0.263. The van der Waals surface area contributed by atoms with Crippen molar-refractivity contribution >= 4 is 27.3 Å². The number of benzene rings is 1. The second kappa shape index (κ2) is 7.25. The van der Waals surface area contributed by atoms with Gasteiger partial charge in [-0.1, -0.05) is 0 Å². The lowest BCUT2D eigenvalue weighted by molar-refractivity contribution is 0.102. The molecular formula is C19H18FN5O3S. The number of pyridine rings is 1. The molecule has 150 valence electrons. The van der Waals surface area contributed by atoms with Crippen molar-refractivity contribution in [1.29, 1.82) is 5.26 Å². The van der Waals surface area contributed by atoms with E-state index in [1.54, 1.807) is 0 Å². The number of amidine groups is 1. The zero-order chi connectivity index (χ0) is 21.4. The Morgan fingerprint density at radius 3 is 2.66 bits per heavy atom. The number of nitrogens with two attached hydrogens (primary N) is 1. The summed E-state index contributed by atoms with van der Waals surface area (Å²) >= 11 is 0. The van der Waals surface area contributed by atoms with Crippen molar-refractivity contribution in [3.63, 3.8) is 0 Å². The molecule has 1 atom stereocenters. The molecule has 3 N–H and O–H groups in total. The van der Waals surface area contributed by atoms with E-state index in [1.165, 1.54) is 44.3 Å². The molecule has 1 aromatic carbocycles. The van der Waals surface area contributed by atoms with Gasteiger partial charge >= 0.3 is 0 Å². The Labute approximate surface area is 167 Å². The lowest BCUT2D eigenvalue weighted by Crippen LogP contribution is -2.50. The molecule has 3 rings (SSSR count). The van der Waals surface area contributed by atoms with Crippen molar-refractivity contribution in [2.24, 2.45) is 10.7 Å². The summed E-state index contributed by atoms with van der Waals surface area (Å²) in [7, 11) is -3.66. The number of carbonyl (C=O) groups excluding carboxylic acids is 1. The van der Waals surface area contributed by atoms with Gasteiger partial charge in [0.2, 0.25) is 0 Å². The van der Waals surface area contributed by atoms with Crippen LogP contribution in [0, 0.1) is 17.1 Å². The number of halogens is 1. The van der Waals surface area contributed by atoms with Crippen LogP contribution in [0.4, 0.5) is 10.1 Å². The largest absolute Gasteiger partial charge is 0.386 e. The molecule has 1 aromatic heterocycles. The number of carbonyl (C=O) groups is 1. The van der Waals surface area contributed by atoms with Crippen LogP contribution in [0.25, 0.3) is 0 Å². The maximum atomic E-state index is 14.4. The molecule has 0 spiro atoms. The van der Waals surface area contributed by atoms with Gasteiger partial charge in [0.05, 0.1) is 17.4 Å². The number of nitrogens with zero attached hydrogens (tertiary/aromatic N) is 3. The standard InChI is InChI=1S/C19H18FN5O3S/c1-19(2)18(22)25-16(10-29(19,27)28)13-7-12(4-5-14(13)20)24-17(26)15-6-3-11(8-21)9-23-15/h3-7,9,16H,10H2,1-2H3,(H2,22,25)(H,24,26). The average Bonchev–Trinajstić information content (AvgIpc) is 2.67. The third kappa shape index (κ3) is 3.82. The Hall–Kier alpha value is -3.32. The highest BCUT2D eigenvalue weighted by Gasteiger charge is 2.44. The predicted octanol–water partition coefficient (Wildman–Crippen LogP) is 1.95. The first kappa shape index (κ1) is 20.4. The zero-order valence-electron chi connectivity index (χ0n) is 15.7. The quantitative estimate of drug-likeness (QED) is 0.786. The number of anilines is 1. The van der Waals surface area contributed by atoms with Crippen molar-refractivity contribution in [3.05, 3.63) is 59.2 Å². The minimum absolute atomic E-state index is 0.0117. The molecule has 10 heteroatoms.